The Morgan fingerprint density at radius 2 is 1.68 bits per heavy atom. The number of piperazine rings is 1. The molecule has 1 heterocycles. The Morgan fingerprint density at radius 3 is 2.16 bits per heavy atom. The highest BCUT2D eigenvalue weighted by atomic mass is 15.2. The zero-order valence-corrected chi connectivity index (χ0v) is 14.1. The first kappa shape index (κ1) is 17.0. The second-order valence-corrected chi connectivity index (χ2v) is 6.85. The molecule has 1 aliphatic heterocycles. The van der Waals surface area contributed by atoms with Gasteiger partial charge in [0.15, 0.2) is 0 Å². The molecular formula is C17H36N2. The summed E-state index contributed by atoms with van der Waals surface area (Å²) in [5, 5.41) is 3.78. The fraction of sp³-hybridized carbons (Fsp3) is 1.00. The molecule has 1 N–H and O–H groups in total. The summed E-state index contributed by atoms with van der Waals surface area (Å²) in [6, 6.07) is 1.41. The molecule has 19 heavy (non-hydrogen) atoms. The molecule has 0 saturated carbocycles. The van der Waals surface area contributed by atoms with E-state index in [0.29, 0.717) is 6.04 Å². The van der Waals surface area contributed by atoms with Crippen molar-refractivity contribution in [2.45, 2.75) is 72.9 Å². The van der Waals surface area contributed by atoms with Crippen molar-refractivity contribution in [1.82, 2.24) is 10.2 Å². The lowest BCUT2D eigenvalue weighted by Crippen LogP contribution is -2.60. The zero-order chi connectivity index (χ0) is 14.4. The Bertz CT molecular complexity index is 233. The van der Waals surface area contributed by atoms with Gasteiger partial charge >= 0.3 is 0 Å². The summed E-state index contributed by atoms with van der Waals surface area (Å²) in [5.41, 5.74) is 0. The van der Waals surface area contributed by atoms with E-state index >= 15 is 0 Å². The SMILES string of the molecule is CCC(CC)CN1CC(C(C)C)NCC1C(C)CC. The van der Waals surface area contributed by atoms with Gasteiger partial charge in [-0.05, 0) is 17.8 Å². The molecule has 114 valence electrons. The predicted octanol–water partition coefficient (Wildman–Crippen LogP) is 3.77. The smallest absolute Gasteiger partial charge is 0.0247 e. The second kappa shape index (κ2) is 8.26. The molecule has 0 spiro atoms. The molecular weight excluding hydrogens is 232 g/mol. The Balaban J connectivity index is 2.70. The normalized spacial score (nSPS) is 27.2. The van der Waals surface area contributed by atoms with Crippen molar-refractivity contribution in [3.05, 3.63) is 0 Å². The maximum Gasteiger partial charge on any atom is 0.0247 e. The van der Waals surface area contributed by atoms with Crippen molar-refractivity contribution in [1.29, 1.82) is 0 Å². The quantitative estimate of drug-likeness (QED) is 0.756. The van der Waals surface area contributed by atoms with Crippen molar-refractivity contribution in [3.8, 4) is 0 Å². The second-order valence-electron chi connectivity index (χ2n) is 6.85. The summed E-state index contributed by atoms with van der Waals surface area (Å²) in [6.07, 6.45) is 3.93. The minimum atomic E-state index is 0.676. The molecule has 0 aromatic carbocycles. The van der Waals surface area contributed by atoms with Crippen LogP contribution in [0.1, 0.15) is 60.8 Å². The van der Waals surface area contributed by atoms with E-state index in [9.17, 15) is 0 Å². The van der Waals surface area contributed by atoms with Gasteiger partial charge in [-0.1, -0.05) is 60.8 Å². The number of nitrogens with one attached hydrogen (secondary N) is 1. The Hall–Kier alpha value is -0.0800. The van der Waals surface area contributed by atoms with Crippen LogP contribution in [0.5, 0.6) is 0 Å². The van der Waals surface area contributed by atoms with Crippen LogP contribution in [0.25, 0.3) is 0 Å². The van der Waals surface area contributed by atoms with Crippen LogP contribution in [0, 0.1) is 17.8 Å². The van der Waals surface area contributed by atoms with Crippen LogP contribution in [0.15, 0.2) is 0 Å². The van der Waals surface area contributed by atoms with E-state index in [1.54, 1.807) is 0 Å². The monoisotopic (exact) mass is 268 g/mol. The van der Waals surface area contributed by atoms with Crippen molar-refractivity contribution < 1.29 is 0 Å². The standard InChI is InChI=1S/C17H36N2/c1-7-14(6)17-10-18-16(13(4)5)12-19(17)11-15(8-2)9-3/h13-18H,7-12H2,1-6H3. The van der Waals surface area contributed by atoms with Gasteiger partial charge in [-0.3, -0.25) is 4.90 Å². The summed E-state index contributed by atoms with van der Waals surface area (Å²) in [7, 11) is 0. The van der Waals surface area contributed by atoms with Crippen LogP contribution < -0.4 is 5.32 Å². The first-order valence-corrected chi connectivity index (χ1v) is 8.50. The lowest BCUT2D eigenvalue weighted by atomic mass is 9.90. The third-order valence-corrected chi connectivity index (χ3v) is 5.24. The van der Waals surface area contributed by atoms with Crippen LogP contribution >= 0.6 is 0 Å². The molecule has 0 aliphatic carbocycles. The molecule has 3 atom stereocenters. The molecule has 2 nitrogen and oxygen atoms in total. The lowest BCUT2D eigenvalue weighted by molar-refractivity contribution is 0.0629. The van der Waals surface area contributed by atoms with E-state index in [0.717, 1.165) is 23.8 Å². The van der Waals surface area contributed by atoms with Crippen LogP contribution in [0.4, 0.5) is 0 Å². The lowest BCUT2D eigenvalue weighted by Gasteiger charge is -2.45. The Kier molecular flexibility index (Phi) is 7.38. The minimum absolute atomic E-state index is 0.676. The fourth-order valence-electron chi connectivity index (χ4n) is 3.22. The molecule has 1 aliphatic rings. The first-order chi connectivity index (χ1) is 9.03. The summed E-state index contributed by atoms with van der Waals surface area (Å²) in [5.74, 6) is 2.41. The molecule has 1 fully saturated rings. The van der Waals surface area contributed by atoms with Gasteiger partial charge in [0.25, 0.3) is 0 Å². The van der Waals surface area contributed by atoms with Gasteiger partial charge in [0, 0.05) is 31.7 Å². The van der Waals surface area contributed by atoms with Crippen molar-refractivity contribution >= 4 is 0 Å². The van der Waals surface area contributed by atoms with Crippen molar-refractivity contribution in [2.24, 2.45) is 17.8 Å². The fourth-order valence-corrected chi connectivity index (χ4v) is 3.22. The molecule has 0 radical (unpaired) electrons. The van der Waals surface area contributed by atoms with E-state index < -0.39 is 0 Å². The van der Waals surface area contributed by atoms with Crippen molar-refractivity contribution in [3.63, 3.8) is 0 Å². The molecule has 0 bridgehead atoms. The van der Waals surface area contributed by atoms with E-state index in [2.05, 4.69) is 51.8 Å². The number of hydrogen-bond acceptors (Lipinski definition) is 2. The van der Waals surface area contributed by atoms with E-state index in [1.165, 1.54) is 38.9 Å². The predicted molar refractivity (Wildman–Crippen MR) is 85.5 cm³/mol. The first-order valence-electron chi connectivity index (χ1n) is 8.50. The highest BCUT2D eigenvalue weighted by Gasteiger charge is 2.32. The third-order valence-electron chi connectivity index (χ3n) is 5.24. The molecule has 2 heteroatoms. The third kappa shape index (κ3) is 4.75. The van der Waals surface area contributed by atoms with E-state index in [1.807, 2.05) is 0 Å². The Labute approximate surface area is 121 Å². The van der Waals surface area contributed by atoms with Gasteiger partial charge in [0.05, 0.1) is 0 Å². The van der Waals surface area contributed by atoms with E-state index in [4.69, 9.17) is 0 Å². The maximum absolute atomic E-state index is 3.78. The molecule has 1 rings (SSSR count). The molecule has 3 unspecified atom stereocenters. The topological polar surface area (TPSA) is 15.3 Å². The Morgan fingerprint density at radius 1 is 1.05 bits per heavy atom. The van der Waals surface area contributed by atoms with E-state index in [-0.39, 0.29) is 0 Å². The average Bonchev–Trinajstić information content (AvgIpc) is 2.43. The molecule has 0 aromatic heterocycles. The van der Waals surface area contributed by atoms with Crippen LogP contribution in [0.3, 0.4) is 0 Å². The molecule has 1 saturated heterocycles. The van der Waals surface area contributed by atoms with Crippen LogP contribution in [-0.2, 0) is 0 Å². The minimum Gasteiger partial charge on any atom is -0.311 e. The zero-order valence-electron chi connectivity index (χ0n) is 14.1. The summed E-state index contributed by atoms with van der Waals surface area (Å²) >= 11 is 0. The summed E-state index contributed by atoms with van der Waals surface area (Å²) in [6.45, 7) is 17.8. The average molecular weight is 268 g/mol. The number of nitrogens with zero attached hydrogens (tertiary/aromatic N) is 1. The highest BCUT2D eigenvalue weighted by molar-refractivity contribution is 4.90. The van der Waals surface area contributed by atoms with Gasteiger partial charge < -0.3 is 5.32 Å². The largest absolute Gasteiger partial charge is 0.311 e. The number of rotatable bonds is 7. The van der Waals surface area contributed by atoms with Crippen molar-refractivity contribution in [2.75, 3.05) is 19.6 Å². The summed E-state index contributed by atoms with van der Waals surface area (Å²) in [4.78, 5) is 2.80. The van der Waals surface area contributed by atoms with Gasteiger partial charge in [0.1, 0.15) is 0 Å². The highest BCUT2D eigenvalue weighted by Crippen LogP contribution is 2.23. The van der Waals surface area contributed by atoms with Crippen LogP contribution in [0.2, 0.25) is 0 Å². The number of hydrogen-bond donors (Lipinski definition) is 1. The van der Waals surface area contributed by atoms with Gasteiger partial charge in [-0.25, -0.2) is 0 Å². The maximum atomic E-state index is 3.78. The molecule has 0 aromatic rings. The van der Waals surface area contributed by atoms with Gasteiger partial charge in [-0.2, -0.15) is 0 Å². The van der Waals surface area contributed by atoms with Gasteiger partial charge in [0.2, 0.25) is 0 Å². The molecule has 0 amide bonds. The summed E-state index contributed by atoms with van der Waals surface area (Å²) < 4.78 is 0. The van der Waals surface area contributed by atoms with Crippen LogP contribution in [-0.4, -0.2) is 36.6 Å². The van der Waals surface area contributed by atoms with Gasteiger partial charge in [-0.15, -0.1) is 0 Å².